The third-order valence-corrected chi connectivity index (χ3v) is 5.44. The molecule has 2 aliphatic rings. The molecule has 4 rings (SSSR count). The Bertz CT molecular complexity index is 994. The Labute approximate surface area is 168 Å². The molecule has 1 aliphatic heterocycles. The van der Waals surface area contributed by atoms with Crippen LogP contribution in [-0.2, 0) is 22.4 Å². The minimum absolute atomic E-state index is 0.148. The Morgan fingerprint density at radius 2 is 1.93 bits per heavy atom. The maximum atomic E-state index is 12.9. The maximum Gasteiger partial charge on any atom is 0.267 e. The summed E-state index contributed by atoms with van der Waals surface area (Å²) in [4.78, 5) is 39.9. The number of ether oxygens (including phenoxy) is 1. The molecule has 8 heteroatoms. The molecule has 1 N–H and O–H groups in total. The van der Waals surface area contributed by atoms with Crippen LogP contribution in [0.4, 0.5) is 5.69 Å². The van der Waals surface area contributed by atoms with Crippen molar-refractivity contribution in [2.75, 3.05) is 31.6 Å². The van der Waals surface area contributed by atoms with Gasteiger partial charge in [-0.3, -0.25) is 14.4 Å². The lowest BCUT2D eigenvalue weighted by Gasteiger charge is -2.27. The summed E-state index contributed by atoms with van der Waals surface area (Å²) in [6.07, 6.45) is 2.65. The van der Waals surface area contributed by atoms with E-state index in [0.29, 0.717) is 37.6 Å². The molecule has 1 saturated heterocycles. The van der Waals surface area contributed by atoms with Crippen molar-refractivity contribution in [3.8, 4) is 0 Å². The first kappa shape index (κ1) is 19.3. The second-order valence-corrected chi connectivity index (χ2v) is 7.37. The van der Waals surface area contributed by atoms with Gasteiger partial charge in [-0.05, 0) is 43.9 Å². The van der Waals surface area contributed by atoms with Crippen LogP contribution in [0.3, 0.4) is 0 Å². The van der Waals surface area contributed by atoms with Crippen LogP contribution >= 0.6 is 0 Å². The summed E-state index contributed by atoms with van der Waals surface area (Å²) in [5.41, 5.74) is 2.41. The van der Waals surface area contributed by atoms with Gasteiger partial charge >= 0.3 is 0 Å². The van der Waals surface area contributed by atoms with Crippen molar-refractivity contribution in [3.63, 3.8) is 0 Å². The van der Waals surface area contributed by atoms with Crippen LogP contribution in [0.5, 0.6) is 0 Å². The topological polar surface area (TPSA) is 93.5 Å². The molecule has 29 heavy (non-hydrogen) atoms. The van der Waals surface area contributed by atoms with Crippen molar-refractivity contribution < 1.29 is 14.3 Å². The highest BCUT2D eigenvalue weighted by atomic mass is 16.5. The van der Waals surface area contributed by atoms with Gasteiger partial charge in [0.2, 0.25) is 5.91 Å². The first-order valence-electron chi connectivity index (χ1n) is 9.93. The smallest absolute Gasteiger partial charge is 0.267 e. The number of aromatic nitrogens is 2. The van der Waals surface area contributed by atoms with Crippen LogP contribution in [0.2, 0.25) is 0 Å². The molecule has 1 aliphatic carbocycles. The molecule has 2 amide bonds. The molecule has 1 fully saturated rings. The Kier molecular flexibility index (Phi) is 5.44. The number of amides is 2. The quantitative estimate of drug-likeness (QED) is 0.843. The number of benzene rings is 1. The Morgan fingerprint density at radius 3 is 2.72 bits per heavy atom. The van der Waals surface area contributed by atoms with Crippen molar-refractivity contribution in [3.05, 3.63) is 57.5 Å². The summed E-state index contributed by atoms with van der Waals surface area (Å²) in [7, 11) is 0. The Hall–Kier alpha value is -3.00. The van der Waals surface area contributed by atoms with Gasteiger partial charge in [-0.1, -0.05) is 12.1 Å². The second-order valence-electron chi connectivity index (χ2n) is 7.37. The average molecular weight is 396 g/mol. The fourth-order valence-corrected chi connectivity index (χ4v) is 3.76. The van der Waals surface area contributed by atoms with Crippen molar-refractivity contribution in [2.45, 2.75) is 32.2 Å². The number of hydrogen-bond donors (Lipinski definition) is 1. The molecule has 0 saturated carbocycles. The van der Waals surface area contributed by atoms with Crippen molar-refractivity contribution in [1.29, 1.82) is 0 Å². The zero-order chi connectivity index (χ0) is 20.4. The van der Waals surface area contributed by atoms with Gasteiger partial charge in [-0.15, -0.1) is 0 Å². The monoisotopic (exact) mass is 396 g/mol. The van der Waals surface area contributed by atoms with E-state index in [1.165, 1.54) is 4.68 Å². The van der Waals surface area contributed by atoms with Gasteiger partial charge < -0.3 is 15.0 Å². The van der Waals surface area contributed by atoms with E-state index in [4.69, 9.17) is 4.74 Å². The van der Waals surface area contributed by atoms with Gasteiger partial charge in [0.25, 0.3) is 11.5 Å². The molecule has 1 aromatic carbocycles. The fourth-order valence-electron chi connectivity index (χ4n) is 3.76. The summed E-state index contributed by atoms with van der Waals surface area (Å²) >= 11 is 0. The lowest BCUT2D eigenvalue weighted by molar-refractivity contribution is -0.119. The van der Waals surface area contributed by atoms with Crippen molar-refractivity contribution in [2.24, 2.45) is 0 Å². The van der Waals surface area contributed by atoms with Gasteiger partial charge in [-0.2, -0.15) is 5.10 Å². The number of hydrogen-bond acceptors (Lipinski definition) is 5. The number of anilines is 1. The van der Waals surface area contributed by atoms with E-state index in [9.17, 15) is 14.4 Å². The molecule has 1 aromatic heterocycles. The van der Waals surface area contributed by atoms with Crippen LogP contribution in [0.1, 0.15) is 41.0 Å². The number of rotatable bonds is 4. The van der Waals surface area contributed by atoms with Gasteiger partial charge in [-0.25, -0.2) is 4.68 Å². The molecule has 0 radical (unpaired) electrons. The van der Waals surface area contributed by atoms with E-state index >= 15 is 0 Å². The summed E-state index contributed by atoms with van der Waals surface area (Å²) in [6, 6.07) is 7.69. The molecule has 2 heterocycles. The Balaban J connectivity index is 1.54. The molecular weight excluding hydrogens is 372 g/mol. The number of carbonyl (C=O) groups is 2. The highest BCUT2D eigenvalue weighted by Gasteiger charge is 2.25. The molecular formula is C21H24N4O4. The number of carbonyl (C=O) groups excluding carboxylic acids is 2. The number of aryl methyl sites for hydroxylation is 2. The van der Waals surface area contributed by atoms with E-state index < -0.39 is 6.04 Å². The van der Waals surface area contributed by atoms with Gasteiger partial charge in [0.1, 0.15) is 6.04 Å². The lowest BCUT2D eigenvalue weighted by atomic mass is 10.1. The van der Waals surface area contributed by atoms with Crippen LogP contribution in [0, 0.1) is 0 Å². The number of para-hydroxylation sites is 1. The van der Waals surface area contributed by atoms with E-state index in [0.717, 1.165) is 30.5 Å². The molecule has 152 valence electrons. The van der Waals surface area contributed by atoms with E-state index in [1.54, 1.807) is 42.2 Å². The largest absolute Gasteiger partial charge is 0.378 e. The minimum Gasteiger partial charge on any atom is -0.378 e. The number of nitrogens with zero attached hydrogens (tertiary/aromatic N) is 3. The summed E-state index contributed by atoms with van der Waals surface area (Å²) in [5, 5.41) is 7.21. The highest BCUT2D eigenvalue weighted by molar-refractivity contribution is 6.04. The molecule has 8 nitrogen and oxygen atoms in total. The molecule has 2 aromatic rings. The zero-order valence-electron chi connectivity index (χ0n) is 16.4. The first-order chi connectivity index (χ1) is 14.0. The summed E-state index contributed by atoms with van der Waals surface area (Å²) in [6.45, 7) is 3.68. The van der Waals surface area contributed by atoms with Gasteiger partial charge in [0.15, 0.2) is 0 Å². The maximum absolute atomic E-state index is 12.9. The van der Waals surface area contributed by atoms with E-state index in [-0.39, 0.29) is 17.4 Å². The van der Waals surface area contributed by atoms with Crippen molar-refractivity contribution in [1.82, 2.24) is 14.7 Å². The minimum atomic E-state index is -0.792. The first-order valence-corrected chi connectivity index (χ1v) is 9.93. The molecule has 0 spiro atoms. The number of fused-ring (bicyclic) bond motifs is 1. The Morgan fingerprint density at radius 1 is 1.17 bits per heavy atom. The SMILES string of the molecule is CC(C(=O)Nc1ccccc1C(=O)N1CCOCC1)n1nc2c(cc1=O)CCC2. The van der Waals surface area contributed by atoms with E-state index in [2.05, 4.69) is 10.4 Å². The second kappa shape index (κ2) is 8.16. The fraction of sp³-hybridized carbons (Fsp3) is 0.429. The van der Waals surface area contributed by atoms with Crippen LogP contribution in [0.15, 0.2) is 35.1 Å². The highest BCUT2D eigenvalue weighted by Crippen LogP contribution is 2.21. The van der Waals surface area contributed by atoms with E-state index in [1.807, 2.05) is 0 Å². The molecule has 1 unspecified atom stereocenters. The zero-order valence-corrected chi connectivity index (χ0v) is 16.4. The van der Waals surface area contributed by atoms with Crippen LogP contribution in [0.25, 0.3) is 0 Å². The standard InChI is InChI=1S/C21H24N4O4/c1-14(25-19(26)13-15-5-4-8-17(15)23-25)20(27)22-18-7-3-2-6-16(18)21(28)24-9-11-29-12-10-24/h2-3,6-7,13-14H,4-5,8-12H2,1H3,(H,22,27). The number of morpholine rings is 1. The van der Waals surface area contributed by atoms with Crippen molar-refractivity contribution >= 4 is 17.5 Å². The van der Waals surface area contributed by atoms with Crippen LogP contribution in [-0.4, -0.2) is 52.8 Å². The van der Waals surface area contributed by atoms with Gasteiger partial charge in [0.05, 0.1) is 30.2 Å². The normalized spacial score (nSPS) is 16.9. The average Bonchev–Trinajstić information content (AvgIpc) is 3.20. The van der Waals surface area contributed by atoms with Crippen LogP contribution < -0.4 is 10.9 Å². The van der Waals surface area contributed by atoms with Gasteiger partial charge in [0, 0.05) is 19.2 Å². The summed E-state index contributed by atoms with van der Waals surface area (Å²) < 4.78 is 6.53. The predicted octanol–water partition coefficient (Wildman–Crippen LogP) is 1.40. The third-order valence-electron chi connectivity index (χ3n) is 5.44. The third kappa shape index (κ3) is 3.93. The molecule has 0 bridgehead atoms. The number of nitrogens with one attached hydrogen (secondary N) is 1. The lowest BCUT2D eigenvalue weighted by Crippen LogP contribution is -2.41. The predicted molar refractivity (Wildman–Crippen MR) is 107 cm³/mol. The molecule has 1 atom stereocenters. The summed E-state index contributed by atoms with van der Waals surface area (Å²) in [5.74, 6) is -0.538.